The van der Waals surface area contributed by atoms with Crippen molar-refractivity contribution in [2.75, 3.05) is 18.0 Å². The fourth-order valence-corrected chi connectivity index (χ4v) is 7.15. The molecule has 0 saturated carbocycles. The molecule has 5 nitrogen and oxygen atoms in total. The third kappa shape index (κ3) is 5.69. The Labute approximate surface area is 229 Å². The van der Waals surface area contributed by atoms with E-state index >= 15 is 0 Å². The Kier molecular flexibility index (Phi) is 6.85. The van der Waals surface area contributed by atoms with Gasteiger partial charge in [0.2, 0.25) is 0 Å². The van der Waals surface area contributed by atoms with Crippen LogP contribution in [0.5, 0.6) is 5.75 Å². The minimum Gasteiger partial charge on any atom is -0.487 e. The first-order valence-corrected chi connectivity index (χ1v) is 15.2. The van der Waals surface area contributed by atoms with E-state index in [0.29, 0.717) is 11.4 Å². The second kappa shape index (κ2) is 10.5. The molecule has 7 heteroatoms. The maximum Gasteiger partial charge on any atom is 0.160 e. The van der Waals surface area contributed by atoms with E-state index in [1.54, 1.807) is 30.5 Å². The van der Waals surface area contributed by atoms with E-state index in [1.165, 1.54) is 11.6 Å². The van der Waals surface area contributed by atoms with Gasteiger partial charge in [0.15, 0.2) is 9.84 Å². The molecule has 0 radical (unpaired) electrons. The molecule has 1 spiro atoms. The van der Waals surface area contributed by atoms with E-state index in [0.717, 1.165) is 61.2 Å². The number of halogens is 1. The van der Waals surface area contributed by atoms with Gasteiger partial charge in [-0.1, -0.05) is 48.5 Å². The number of anilines is 1. The Morgan fingerprint density at radius 2 is 1.59 bits per heavy atom. The van der Waals surface area contributed by atoms with Crippen LogP contribution in [0.2, 0.25) is 0 Å². The Hall–Kier alpha value is -3.71. The number of pyridine rings is 1. The zero-order chi connectivity index (χ0) is 26.9. The van der Waals surface area contributed by atoms with E-state index in [1.807, 2.05) is 36.4 Å². The van der Waals surface area contributed by atoms with Crippen molar-refractivity contribution in [1.29, 1.82) is 0 Å². The SMILES string of the molecule is O=S(=O)(Cc1ccc(-c2ccc3c(c2)CCC2(CCN(c4ccccc4F)CC2)O3)cc1)Cc1ccccn1. The molecule has 1 fully saturated rings. The van der Waals surface area contributed by atoms with Crippen LogP contribution in [0, 0.1) is 5.82 Å². The molecule has 0 N–H and O–H groups in total. The summed E-state index contributed by atoms with van der Waals surface area (Å²) in [5, 5.41) is 0. The molecule has 1 saturated heterocycles. The fourth-order valence-electron chi connectivity index (χ4n) is 5.72. The third-order valence-corrected chi connectivity index (χ3v) is 9.38. The minimum atomic E-state index is -3.31. The van der Waals surface area contributed by atoms with Gasteiger partial charge in [-0.25, -0.2) is 12.8 Å². The number of nitrogens with zero attached hydrogens (tertiary/aromatic N) is 2. The molecule has 200 valence electrons. The summed E-state index contributed by atoms with van der Waals surface area (Å²) in [6.07, 6.45) is 5.23. The van der Waals surface area contributed by atoms with E-state index in [2.05, 4.69) is 28.1 Å². The van der Waals surface area contributed by atoms with Gasteiger partial charge in [0.1, 0.15) is 17.2 Å². The highest BCUT2D eigenvalue weighted by Gasteiger charge is 2.40. The molecule has 0 amide bonds. The number of hydrogen-bond donors (Lipinski definition) is 0. The number of aryl methyl sites for hydroxylation is 1. The maximum atomic E-state index is 14.3. The van der Waals surface area contributed by atoms with Crippen LogP contribution in [-0.2, 0) is 27.8 Å². The summed E-state index contributed by atoms with van der Waals surface area (Å²) in [5.41, 5.74) is 5.12. The third-order valence-electron chi connectivity index (χ3n) is 7.87. The van der Waals surface area contributed by atoms with Gasteiger partial charge < -0.3 is 9.64 Å². The molecular formula is C32H31FN2O3S. The fraction of sp³-hybridized carbons (Fsp3) is 0.281. The molecule has 39 heavy (non-hydrogen) atoms. The standard InChI is InChI=1S/C32H31FN2O3S/c33-29-6-1-2-7-30(29)35-19-16-32(17-20-35)15-14-27-21-26(12-13-31(27)38-32)25-10-8-24(9-11-25)22-39(36,37)23-28-5-3-4-18-34-28/h1-13,18,21H,14-17,19-20,22-23H2. The molecule has 6 rings (SSSR count). The van der Waals surface area contributed by atoms with Crippen molar-refractivity contribution in [3.8, 4) is 16.9 Å². The Morgan fingerprint density at radius 3 is 2.33 bits per heavy atom. The topological polar surface area (TPSA) is 59.5 Å². The summed E-state index contributed by atoms with van der Waals surface area (Å²) < 4.78 is 46.1. The number of aromatic nitrogens is 1. The van der Waals surface area contributed by atoms with Crippen LogP contribution in [-0.4, -0.2) is 32.1 Å². The van der Waals surface area contributed by atoms with Gasteiger partial charge in [0.25, 0.3) is 0 Å². The molecule has 2 aliphatic rings. The number of sulfone groups is 1. The highest BCUT2D eigenvalue weighted by atomic mass is 32.2. The summed E-state index contributed by atoms with van der Waals surface area (Å²) in [4.78, 5) is 6.26. The van der Waals surface area contributed by atoms with Gasteiger partial charge in [-0.2, -0.15) is 0 Å². The monoisotopic (exact) mass is 542 g/mol. The summed E-state index contributed by atoms with van der Waals surface area (Å²) in [7, 11) is -3.31. The van der Waals surface area contributed by atoms with Crippen molar-refractivity contribution in [1.82, 2.24) is 4.98 Å². The highest BCUT2D eigenvalue weighted by Crippen LogP contribution is 2.41. The second-order valence-corrected chi connectivity index (χ2v) is 12.7. The molecule has 0 aliphatic carbocycles. The summed E-state index contributed by atoms with van der Waals surface area (Å²) in [6, 6.07) is 26.3. The van der Waals surface area contributed by atoms with E-state index in [-0.39, 0.29) is 22.9 Å². The quantitative estimate of drug-likeness (QED) is 0.284. The van der Waals surface area contributed by atoms with E-state index in [9.17, 15) is 12.8 Å². The predicted molar refractivity (Wildman–Crippen MR) is 152 cm³/mol. The number of benzene rings is 3. The van der Waals surface area contributed by atoms with Gasteiger partial charge in [-0.15, -0.1) is 0 Å². The van der Waals surface area contributed by atoms with Crippen molar-refractivity contribution < 1.29 is 17.5 Å². The van der Waals surface area contributed by atoms with Crippen LogP contribution in [0.4, 0.5) is 10.1 Å². The number of para-hydroxylation sites is 1. The number of ether oxygens (including phenoxy) is 1. The zero-order valence-corrected chi connectivity index (χ0v) is 22.5. The van der Waals surface area contributed by atoms with Gasteiger partial charge in [0.05, 0.1) is 22.9 Å². The molecule has 2 aliphatic heterocycles. The minimum absolute atomic E-state index is 0.0156. The molecule has 3 heterocycles. The molecule has 0 bridgehead atoms. The van der Waals surface area contributed by atoms with Gasteiger partial charge in [-0.05, 0) is 71.5 Å². The van der Waals surface area contributed by atoms with Crippen LogP contribution in [0.1, 0.15) is 36.1 Å². The van der Waals surface area contributed by atoms with Crippen molar-refractivity contribution in [3.63, 3.8) is 0 Å². The van der Waals surface area contributed by atoms with Crippen LogP contribution >= 0.6 is 0 Å². The van der Waals surface area contributed by atoms with Crippen molar-refractivity contribution in [3.05, 3.63) is 114 Å². The lowest BCUT2D eigenvalue weighted by molar-refractivity contribution is 0.0225. The average molecular weight is 543 g/mol. The summed E-state index contributed by atoms with van der Waals surface area (Å²) >= 11 is 0. The molecule has 1 aromatic heterocycles. The van der Waals surface area contributed by atoms with E-state index < -0.39 is 9.84 Å². The van der Waals surface area contributed by atoms with E-state index in [4.69, 9.17) is 4.74 Å². The Balaban J connectivity index is 1.10. The number of rotatable bonds is 6. The molecule has 0 atom stereocenters. The van der Waals surface area contributed by atoms with Crippen molar-refractivity contribution in [2.24, 2.45) is 0 Å². The van der Waals surface area contributed by atoms with Crippen molar-refractivity contribution in [2.45, 2.75) is 42.8 Å². The molecular weight excluding hydrogens is 511 g/mol. The molecule has 0 unspecified atom stereocenters. The maximum absolute atomic E-state index is 14.3. The smallest absolute Gasteiger partial charge is 0.160 e. The first-order valence-electron chi connectivity index (χ1n) is 13.4. The predicted octanol–water partition coefficient (Wildman–Crippen LogP) is 6.37. The van der Waals surface area contributed by atoms with Crippen molar-refractivity contribution >= 4 is 15.5 Å². The lowest BCUT2D eigenvalue weighted by atomic mass is 9.82. The number of fused-ring (bicyclic) bond motifs is 1. The van der Waals surface area contributed by atoms with Gasteiger partial charge in [-0.3, -0.25) is 4.98 Å². The molecule has 3 aromatic carbocycles. The second-order valence-electron chi connectivity index (χ2n) is 10.6. The Morgan fingerprint density at radius 1 is 0.846 bits per heavy atom. The lowest BCUT2D eigenvalue weighted by Crippen LogP contribution is -2.50. The van der Waals surface area contributed by atoms with Crippen LogP contribution in [0.15, 0.2) is 91.1 Å². The first-order chi connectivity index (χ1) is 18.9. The summed E-state index contributed by atoms with van der Waals surface area (Å²) in [6.45, 7) is 1.55. The normalized spacial score (nSPS) is 16.5. The van der Waals surface area contributed by atoms with Crippen LogP contribution in [0.25, 0.3) is 11.1 Å². The first kappa shape index (κ1) is 25.6. The largest absolute Gasteiger partial charge is 0.487 e. The highest BCUT2D eigenvalue weighted by molar-refractivity contribution is 7.89. The summed E-state index contributed by atoms with van der Waals surface area (Å²) in [5.74, 6) is 0.679. The lowest BCUT2D eigenvalue weighted by Gasteiger charge is -2.45. The van der Waals surface area contributed by atoms with Gasteiger partial charge in [0, 0.05) is 32.1 Å². The molecule has 4 aromatic rings. The van der Waals surface area contributed by atoms with Crippen LogP contribution in [0.3, 0.4) is 0 Å². The number of piperidine rings is 1. The number of hydrogen-bond acceptors (Lipinski definition) is 5. The Bertz CT molecular complexity index is 1570. The zero-order valence-electron chi connectivity index (χ0n) is 21.7. The average Bonchev–Trinajstić information content (AvgIpc) is 2.94. The van der Waals surface area contributed by atoms with Gasteiger partial charge >= 0.3 is 0 Å². The van der Waals surface area contributed by atoms with Crippen LogP contribution < -0.4 is 9.64 Å².